The number of nitrogens with zero attached hydrogens (tertiary/aromatic N) is 2. The maximum atomic E-state index is 4.86. The van der Waals surface area contributed by atoms with Crippen LogP contribution in [-0.2, 0) is 0 Å². The molecule has 2 aromatic carbocycles. The Labute approximate surface area is 160 Å². The summed E-state index contributed by atoms with van der Waals surface area (Å²) in [5, 5.41) is 0. The van der Waals surface area contributed by atoms with Crippen molar-refractivity contribution in [3.05, 3.63) is 54.1 Å². The van der Waals surface area contributed by atoms with Gasteiger partial charge in [0.2, 0.25) is 5.95 Å². The molecule has 0 radical (unpaired) electrons. The lowest BCUT2D eigenvalue weighted by molar-refractivity contribution is 0.505. The lowest BCUT2D eigenvalue weighted by Gasteiger charge is -2.32. The lowest BCUT2D eigenvalue weighted by Crippen LogP contribution is -2.35. The van der Waals surface area contributed by atoms with Crippen molar-refractivity contribution in [3.8, 4) is 0 Å². The van der Waals surface area contributed by atoms with Crippen LogP contribution in [0.2, 0.25) is 0 Å². The highest BCUT2D eigenvalue weighted by atomic mass is 32.2. The number of aromatic nitrogens is 2. The second-order valence-corrected chi connectivity index (χ2v) is 10.0. The zero-order valence-corrected chi connectivity index (χ0v) is 16.6. The number of fused-ring (bicyclic) bond motifs is 1. The van der Waals surface area contributed by atoms with E-state index in [4.69, 9.17) is 4.98 Å². The first kappa shape index (κ1) is 17.5. The summed E-state index contributed by atoms with van der Waals surface area (Å²) in [6.45, 7) is 8.85. The van der Waals surface area contributed by atoms with Gasteiger partial charge in [-0.2, -0.15) is 0 Å². The van der Waals surface area contributed by atoms with E-state index in [1.54, 1.807) is 0 Å². The SMILES string of the molecule is CC(C)(C)Sc1ccc2nc(N3CCCC(c4ccccc4)C3)[nH]c2c1. The number of nitrogens with one attached hydrogen (secondary N) is 1. The summed E-state index contributed by atoms with van der Waals surface area (Å²) in [5.41, 5.74) is 3.63. The Hall–Kier alpha value is -1.94. The van der Waals surface area contributed by atoms with Gasteiger partial charge in [0.25, 0.3) is 0 Å². The zero-order valence-electron chi connectivity index (χ0n) is 15.8. The highest BCUT2D eigenvalue weighted by Gasteiger charge is 2.23. The molecule has 3 nitrogen and oxygen atoms in total. The fraction of sp³-hybridized carbons (Fsp3) is 0.409. The quantitative estimate of drug-likeness (QED) is 0.592. The molecule has 136 valence electrons. The minimum absolute atomic E-state index is 0.215. The number of hydrogen-bond acceptors (Lipinski definition) is 3. The van der Waals surface area contributed by atoms with Crippen LogP contribution in [0.25, 0.3) is 11.0 Å². The summed E-state index contributed by atoms with van der Waals surface area (Å²) in [7, 11) is 0. The third-order valence-electron chi connectivity index (χ3n) is 4.86. The number of aromatic amines is 1. The molecule has 2 heterocycles. The fourth-order valence-corrected chi connectivity index (χ4v) is 4.73. The molecule has 0 amide bonds. The first-order valence-electron chi connectivity index (χ1n) is 9.47. The largest absolute Gasteiger partial charge is 0.342 e. The highest BCUT2D eigenvalue weighted by Crippen LogP contribution is 2.34. The number of thioether (sulfide) groups is 1. The molecule has 1 aromatic heterocycles. The molecule has 26 heavy (non-hydrogen) atoms. The number of hydrogen-bond donors (Lipinski definition) is 1. The molecular weight excluding hydrogens is 338 g/mol. The smallest absolute Gasteiger partial charge is 0.203 e. The molecule has 4 rings (SSSR count). The third-order valence-corrected chi connectivity index (χ3v) is 5.96. The molecule has 1 fully saturated rings. The Morgan fingerprint density at radius 2 is 1.92 bits per heavy atom. The normalized spacial score (nSPS) is 18.4. The van der Waals surface area contributed by atoms with Crippen molar-refractivity contribution >= 4 is 28.7 Å². The molecule has 0 spiro atoms. The number of rotatable bonds is 3. The van der Waals surface area contributed by atoms with Gasteiger partial charge in [0.1, 0.15) is 0 Å². The molecule has 1 aliphatic rings. The Morgan fingerprint density at radius 3 is 2.69 bits per heavy atom. The summed E-state index contributed by atoms with van der Waals surface area (Å²) in [6, 6.07) is 17.4. The van der Waals surface area contributed by atoms with Crippen molar-refractivity contribution < 1.29 is 0 Å². The average Bonchev–Trinajstić information content (AvgIpc) is 3.05. The average molecular weight is 366 g/mol. The predicted molar refractivity (Wildman–Crippen MR) is 112 cm³/mol. The number of H-pyrrole nitrogens is 1. The number of benzene rings is 2. The minimum Gasteiger partial charge on any atom is -0.342 e. The number of imidazole rings is 1. The number of anilines is 1. The van der Waals surface area contributed by atoms with Crippen LogP contribution in [0.1, 0.15) is 45.1 Å². The minimum atomic E-state index is 0.215. The van der Waals surface area contributed by atoms with Crippen molar-refractivity contribution in [1.29, 1.82) is 0 Å². The van der Waals surface area contributed by atoms with E-state index >= 15 is 0 Å². The van der Waals surface area contributed by atoms with Gasteiger partial charge in [-0.1, -0.05) is 51.1 Å². The predicted octanol–water partition coefficient (Wildman–Crippen LogP) is 5.84. The summed E-state index contributed by atoms with van der Waals surface area (Å²) in [4.78, 5) is 12.1. The zero-order chi connectivity index (χ0) is 18.1. The fourth-order valence-electron chi connectivity index (χ4n) is 3.71. The van der Waals surface area contributed by atoms with Gasteiger partial charge >= 0.3 is 0 Å². The Kier molecular flexibility index (Phi) is 4.70. The molecule has 1 atom stereocenters. The summed E-state index contributed by atoms with van der Waals surface area (Å²) < 4.78 is 0.215. The van der Waals surface area contributed by atoms with E-state index in [-0.39, 0.29) is 4.75 Å². The van der Waals surface area contributed by atoms with Gasteiger partial charge in [-0.25, -0.2) is 4.98 Å². The van der Waals surface area contributed by atoms with Crippen LogP contribution in [0.15, 0.2) is 53.4 Å². The van der Waals surface area contributed by atoms with Crippen molar-refractivity contribution in [2.75, 3.05) is 18.0 Å². The van der Waals surface area contributed by atoms with Gasteiger partial charge in [0, 0.05) is 28.6 Å². The Morgan fingerprint density at radius 1 is 1.12 bits per heavy atom. The van der Waals surface area contributed by atoms with E-state index in [9.17, 15) is 0 Å². The second-order valence-electron chi connectivity index (χ2n) is 8.15. The molecule has 1 N–H and O–H groups in total. The molecular formula is C22H27N3S. The molecule has 0 bridgehead atoms. The monoisotopic (exact) mass is 365 g/mol. The summed E-state index contributed by atoms with van der Waals surface area (Å²) >= 11 is 1.90. The topological polar surface area (TPSA) is 31.9 Å². The Balaban J connectivity index is 1.56. The van der Waals surface area contributed by atoms with Gasteiger partial charge < -0.3 is 9.88 Å². The highest BCUT2D eigenvalue weighted by molar-refractivity contribution is 8.00. The first-order chi connectivity index (χ1) is 12.5. The van der Waals surface area contributed by atoms with E-state index in [1.807, 2.05) is 11.8 Å². The summed E-state index contributed by atoms with van der Waals surface area (Å²) in [6.07, 6.45) is 2.47. The van der Waals surface area contributed by atoms with E-state index < -0.39 is 0 Å². The van der Waals surface area contributed by atoms with Crippen molar-refractivity contribution in [2.45, 2.75) is 49.2 Å². The van der Waals surface area contributed by atoms with Gasteiger partial charge in [-0.05, 0) is 36.6 Å². The molecule has 0 aliphatic carbocycles. The van der Waals surface area contributed by atoms with Gasteiger partial charge in [-0.3, -0.25) is 0 Å². The Bertz CT molecular complexity index is 879. The van der Waals surface area contributed by atoms with E-state index in [0.29, 0.717) is 5.92 Å². The second kappa shape index (κ2) is 6.99. The number of piperidine rings is 1. The molecule has 4 heteroatoms. The van der Waals surface area contributed by atoms with Crippen LogP contribution < -0.4 is 4.90 Å². The van der Waals surface area contributed by atoms with Crippen LogP contribution >= 0.6 is 11.8 Å². The third kappa shape index (κ3) is 3.90. The van der Waals surface area contributed by atoms with Crippen LogP contribution in [0.4, 0.5) is 5.95 Å². The van der Waals surface area contributed by atoms with E-state index in [2.05, 4.69) is 79.2 Å². The first-order valence-corrected chi connectivity index (χ1v) is 10.3. The molecule has 1 unspecified atom stereocenters. The van der Waals surface area contributed by atoms with Gasteiger partial charge in [-0.15, -0.1) is 11.8 Å². The molecule has 1 saturated heterocycles. The van der Waals surface area contributed by atoms with Crippen LogP contribution in [0.5, 0.6) is 0 Å². The van der Waals surface area contributed by atoms with Crippen molar-refractivity contribution in [2.24, 2.45) is 0 Å². The van der Waals surface area contributed by atoms with Crippen LogP contribution in [0, 0.1) is 0 Å². The maximum Gasteiger partial charge on any atom is 0.203 e. The van der Waals surface area contributed by atoms with E-state index in [0.717, 1.165) is 30.1 Å². The van der Waals surface area contributed by atoms with E-state index in [1.165, 1.54) is 23.3 Å². The van der Waals surface area contributed by atoms with Crippen molar-refractivity contribution in [3.63, 3.8) is 0 Å². The molecule has 0 saturated carbocycles. The van der Waals surface area contributed by atoms with Gasteiger partial charge in [0.15, 0.2) is 0 Å². The van der Waals surface area contributed by atoms with Crippen LogP contribution in [0.3, 0.4) is 0 Å². The van der Waals surface area contributed by atoms with Crippen LogP contribution in [-0.4, -0.2) is 27.8 Å². The van der Waals surface area contributed by atoms with Crippen molar-refractivity contribution in [1.82, 2.24) is 9.97 Å². The lowest BCUT2D eigenvalue weighted by atomic mass is 9.91. The van der Waals surface area contributed by atoms with Gasteiger partial charge in [0.05, 0.1) is 11.0 Å². The molecule has 1 aliphatic heterocycles. The maximum absolute atomic E-state index is 4.86. The standard InChI is InChI=1S/C22H27N3S/c1-22(2,3)26-18-11-12-19-20(14-18)24-21(23-19)25-13-7-10-17(15-25)16-8-5-4-6-9-16/h4-6,8-9,11-12,14,17H,7,10,13,15H2,1-3H3,(H,23,24). The molecule has 3 aromatic rings. The summed E-state index contributed by atoms with van der Waals surface area (Å²) in [5.74, 6) is 1.60.